The van der Waals surface area contributed by atoms with E-state index >= 15 is 0 Å². The Morgan fingerprint density at radius 3 is 1.56 bits per heavy atom. The number of hydrogen-bond donors (Lipinski definition) is 0. The molecule has 0 nitrogen and oxygen atoms in total. The summed E-state index contributed by atoms with van der Waals surface area (Å²) in [5.41, 5.74) is 6.79. The molecule has 0 bridgehead atoms. The Labute approximate surface area is 185 Å². The van der Waals surface area contributed by atoms with Crippen molar-refractivity contribution >= 4 is 55.0 Å². The molecule has 0 aliphatic heterocycles. The van der Waals surface area contributed by atoms with Crippen molar-refractivity contribution in [1.82, 2.24) is 0 Å². The third-order valence-corrected chi connectivity index (χ3v) is 11.5. The average Bonchev–Trinajstić information content (AvgIpc) is 3.33. The van der Waals surface area contributed by atoms with Gasteiger partial charge in [0.1, 0.15) is 8.07 Å². The summed E-state index contributed by atoms with van der Waals surface area (Å²) in [4.78, 5) is 0. The average molecular weight is 375 g/mol. The number of fused-ring (bicyclic) bond motifs is 2. The summed E-state index contributed by atoms with van der Waals surface area (Å²) >= 11 is 0. The normalized spacial score (nSPS) is 21.2. The fraction of sp³-hybridized carbons (Fsp3) is 0.120. The Hall–Kier alpha value is -1.64. The minimum atomic E-state index is -1.94. The topological polar surface area (TPSA) is 0 Å². The van der Waals surface area contributed by atoms with Crippen LogP contribution in [-0.4, -0.2) is 37.6 Å². The molecule has 0 saturated carbocycles. The number of allylic oxidation sites excluding steroid dienone is 2. The SMILES string of the molecule is C[Si](c1ccccc1)(C1C=Cc2ccccc21)C1C=Cc2ccccc21.[NaH]. The molecular weight excluding hydrogens is 351 g/mol. The van der Waals surface area contributed by atoms with E-state index in [9.17, 15) is 0 Å². The van der Waals surface area contributed by atoms with Gasteiger partial charge in [-0.15, -0.1) is 0 Å². The van der Waals surface area contributed by atoms with E-state index in [1.54, 1.807) is 0 Å². The zero-order valence-corrected chi connectivity index (χ0v) is 16.0. The van der Waals surface area contributed by atoms with E-state index in [1.165, 1.54) is 27.4 Å². The van der Waals surface area contributed by atoms with Gasteiger partial charge >= 0.3 is 29.6 Å². The summed E-state index contributed by atoms with van der Waals surface area (Å²) in [6, 6.07) is 29.1. The molecule has 0 N–H and O–H groups in total. The molecule has 0 heterocycles. The predicted octanol–water partition coefficient (Wildman–Crippen LogP) is 5.02. The Morgan fingerprint density at radius 1 is 0.593 bits per heavy atom. The Bertz CT molecular complexity index is 958. The molecule has 0 spiro atoms. The molecule has 0 radical (unpaired) electrons. The van der Waals surface area contributed by atoms with Crippen LogP contribution in [0.1, 0.15) is 33.3 Å². The van der Waals surface area contributed by atoms with Crippen molar-refractivity contribution < 1.29 is 0 Å². The molecule has 27 heavy (non-hydrogen) atoms. The summed E-state index contributed by atoms with van der Waals surface area (Å²) < 4.78 is 0. The standard InChI is InChI=1S/C25H22Si.Na.H/c1-26(21-11-3-2-4-12-21,24-17-15-19-9-5-7-13-22(19)24)25-18-16-20-10-6-8-14-23(20)25;;/h2-18,24-25H,1H3;;. The van der Waals surface area contributed by atoms with Crippen LogP contribution in [0.15, 0.2) is 91.0 Å². The van der Waals surface area contributed by atoms with E-state index in [-0.39, 0.29) is 29.6 Å². The fourth-order valence-corrected chi connectivity index (χ4v) is 9.72. The Morgan fingerprint density at radius 2 is 1.04 bits per heavy atom. The molecule has 5 rings (SSSR count). The monoisotopic (exact) mass is 374 g/mol. The predicted molar refractivity (Wildman–Crippen MR) is 121 cm³/mol. The van der Waals surface area contributed by atoms with E-state index in [2.05, 4.69) is 110 Å². The van der Waals surface area contributed by atoms with Crippen molar-refractivity contribution in [1.29, 1.82) is 0 Å². The van der Waals surface area contributed by atoms with Crippen molar-refractivity contribution in [2.45, 2.75) is 17.6 Å². The maximum absolute atomic E-state index is 2.58. The molecule has 0 aromatic heterocycles. The van der Waals surface area contributed by atoms with Crippen molar-refractivity contribution in [3.63, 3.8) is 0 Å². The first-order valence-corrected chi connectivity index (χ1v) is 12.0. The number of rotatable bonds is 3. The van der Waals surface area contributed by atoms with Crippen molar-refractivity contribution in [2.24, 2.45) is 0 Å². The van der Waals surface area contributed by atoms with Crippen LogP contribution in [0.2, 0.25) is 6.55 Å². The van der Waals surface area contributed by atoms with Crippen LogP contribution in [0.5, 0.6) is 0 Å². The van der Waals surface area contributed by atoms with Gasteiger partial charge in [-0.2, -0.15) is 0 Å². The second-order valence-corrected chi connectivity index (χ2v) is 12.0. The number of hydrogen-bond acceptors (Lipinski definition) is 0. The molecule has 2 heteroatoms. The van der Waals surface area contributed by atoms with Gasteiger partial charge < -0.3 is 0 Å². The van der Waals surface area contributed by atoms with E-state index in [0.717, 1.165) is 0 Å². The zero-order chi connectivity index (χ0) is 17.6. The Kier molecular flexibility index (Phi) is 5.13. The summed E-state index contributed by atoms with van der Waals surface area (Å²) in [5, 5.41) is 1.54. The molecule has 2 aliphatic rings. The molecular formula is C25H23NaSi. The van der Waals surface area contributed by atoms with Crippen molar-refractivity contribution in [3.8, 4) is 0 Å². The van der Waals surface area contributed by atoms with Gasteiger partial charge in [0.25, 0.3) is 0 Å². The van der Waals surface area contributed by atoms with Gasteiger partial charge in [0.2, 0.25) is 0 Å². The van der Waals surface area contributed by atoms with E-state index in [1.807, 2.05) is 0 Å². The van der Waals surface area contributed by atoms with Gasteiger partial charge in [-0.25, -0.2) is 0 Å². The molecule has 128 valence electrons. The van der Waals surface area contributed by atoms with Crippen molar-refractivity contribution in [3.05, 3.63) is 113 Å². The quantitative estimate of drug-likeness (QED) is 0.565. The summed E-state index contributed by atoms with van der Waals surface area (Å²) in [6.07, 6.45) is 9.61. The minimum absolute atomic E-state index is 0. The van der Waals surface area contributed by atoms with Crippen LogP contribution in [0, 0.1) is 0 Å². The van der Waals surface area contributed by atoms with Gasteiger partial charge in [0.15, 0.2) is 0 Å². The van der Waals surface area contributed by atoms with Crippen LogP contribution in [0.3, 0.4) is 0 Å². The maximum atomic E-state index is 2.58. The first-order chi connectivity index (χ1) is 12.8. The van der Waals surface area contributed by atoms with Crippen LogP contribution in [0.4, 0.5) is 0 Å². The summed E-state index contributed by atoms with van der Waals surface area (Å²) in [6.45, 7) is 2.58. The molecule has 0 saturated heterocycles. The third kappa shape index (κ3) is 2.94. The first-order valence-electron chi connectivity index (χ1n) is 9.38. The second-order valence-electron chi connectivity index (χ2n) is 7.58. The van der Waals surface area contributed by atoms with Crippen LogP contribution in [0.25, 0.3) is 12.2 Å². The van der Waals surface area contributed by atoms with Crippen LogP contribution < -0.4 is 5.19 Å². The van der Waals surface area contributed by atoms with E-state index < -0.39 is 8.07 Å². The summed E-state index contributed by atoms with van der Waals surface area (Å²) in [7, 11) is -1.94. The summed E-state index contributed by atoms with van der Waals surface area (Å²) in [5.74, 6) is 0. The third-order valence-electron chi connectivity index (χ3n) is 6.29. The molecule has 2 unspecified atom stereocenters. The second kappa shape index (κ2) is 7.41. The molecule has 2 aliphatic carbocycles. The molecule has 3 aromatic carbocycles. The van der Waals surface area contributed by atoms with Gasteiger partial charge in [0, 0.05) is 11.1 Å². The first kappa shape index (κ1) is 18.7. The molecule has 2 atom stereocenters. The van der Waals surface area contributed by atoms with Crippen LogP contribution in [-0.2, 0) is 0 Å². The Balaban J connectivity index is 0.00000180. The van der Waals surface area contributed by atoms with Gasteiger partial charge in [-0.1, -0.05) is 115 Å². The van der Waals surface area contributed by atoms with E-state index in [4.69, 9.17) is 0 Å². The molecule has 0 fully saturated rings. The van der Waals surface area contributed by atoms with Crippen molar-refractivity contribution in [2.75, 3.05) is 0 Å². The van der Waals surface area contributed by atoms with Gasteiger partial charge in [-0.3, -0.25) is 0 Å². The van der Waals surface area contributed by atoms with Crippen LogP contribution >= 0.6 is 0 Å². The fourth-order valence-electron chi connectivity index (χ4n) is 4.89. The van der Waals surface area contributed by atoms with E-state index in [0.29, 0.717) is 11.1 Å². The van der Waals surface area contributed by atoms with Gasteiger partial charge in [0.05, 0.1) is 0 Å². The molecule has 3 aromatic rings. The molecule has 0 amide bonds. The zero-order valence-electron chi connectivity index (χ0n) is 15.0. The number of benzene rings is 3. The van der Waals surface area contributed by atoms with Gasteiger partial charge in [-0.05, 0) is 22.3 Å².